The summed E-state index contributed by atoms with van der Waals surface area (Å²) in [7, 11) is -2.39. The standard InChI is InChI=1S/C20H19ClN2O3S2/c1-3-14-4-8-16(9-5-14)22-20(24)19-18(12-13-27-19)23(2)28(25,26)17-10-6-15(21)7-11-17/h4-13H,3H2,1-2H3,(H,22,24). The van der Waals surface area contributed by atoms with E-state index in [1.54, 1.807) is 11.4 Å². The molecule has 0 saturated heterocycles. The Morgan fingerprint density at radius 1 is 1.07 bits per heavy atom. The normalized spacial score (nSPS) is 11.2. The number of nitrogens with zero attached hydrogens (tertiary/aromatic N) is 1. The van der Waals surface area contributed by atoms with Gasteiger partial charge in [0.1, 0.15) is 4.88 Å². The van der Waals surface area contributed by atoms with E-state index in [1.807, 2.05) is 24.3 Å². The lowest BCUT2D eigenvalue weighted by atomic mass is 10.1. The lowest BCUT2D eigenvalue weighted by molar-refractivity contribution is 0.103. The van der Waals surface area contributed by atoms with E-state index in [9.17, 15) is 13.2 Å². The van der Waals surface area contributed by atoms with Crippen molar-refractivity contribution in [3.8, 4) is 0 Å². The van der Waals surface area contributed by atoms with Gasteiger partial charge in [-0.1, -0.05) is 30.7 Å². The lowest BCUT2D eigenvalue weighted by Gasteiger charge is -2.20. The molecule has 1 heterocycles. The van der Waals surface area contributed by atoms with Crippen molar-refractivity contribution in [2.24, 2.45) is 0 Å². The Balaban J connectivity index is 1.85. The molecule has 0 fully saturated rings. The van der Waals surface area contributed by atoms with E-state index < -0.39 is 10.0 Å². The molecule has 0 radical (unpaired) electrons. The fraction of sp³-hybridized carbons (Fsp3) is 0.150. The maximum Gasteiger partial charge on any atom is 0.267 e. The number of carbonyl (C=O) groups excluding carboxylic acids is 1. The second-order valence-corrected chi connectivity index (χ2v) is 9.39. The molecule has 1 amide bonds. The zero-order valence-electron chi connectivity index (χ0n) is 15.3. The molecule has 0 atom stereocenters. The van der Waals surface area contributed by atoms with Gasteiger partial charge in [0.05, 0.1) is 10.6 Å². The number of rotatable bonds is 6. The molecule has 0 aliphatic heterocycles. The van der Waals surface area contributed by atoms with E-state index in [4.69, 9.17) is 11.6 Å². The van der Waals surface area contributed by atoms with Crippen LogP contribution in [0.2, 0.25) is 5.02 Å². The Hall–Kier alpha value is -2.35. The van der Waals surface area contributed by atoms with Crippen molar-refractivity contribution >= 4 is 50.2 Å². The highest BCUT2D eigenvalue weighted by Gasteiger charge is 2.26. The molecule has 2 aromatic carbocycles. The molecular formula is C20H19ClN2O3S2. The van der Waals surface area contributed by atoms with Crippen molar-refractivity contribution in [1.29, 1.82) is 0 Å². The zero-order chi connectivity index (χ0) is 20.3. The third-order valence-electron chi connectivity index (χ3n) is 4.28. The molecular weight excluding hydrogens is 416 g/mol. The van der Waals surface area contributed by atoms with Gasteiger partial charge in [-0.2, -0.15) is 0 Å². The molecule has 1 aromatic heterocycles. The summed E-state index contributed by atoms with van der Waals surface area (Å²) in [4.78, 5) is 13.1. The van der Waals surface area contributed by atoms with E-state index in [0.29, 0.717) is 21.3 Å². The largest absolute Gasteiger partial charge is 0.321 e. The van der Waals surface area contributed by atoms with Gasteiger partial charge in [-0.05, 0) is 59.8 Å². The molecule has 0 saturated carbocycles. The highest BCUT2D eigenvalue weighted by molar-refractivity contribution is 7.92. The van der Waals surface area contributed by atoms with Crippen LogP contribution in [0.5, 0.6) is 0 Å². The summed E-state index contributed by atoms with van der Waals surface area (Å²) < 4.78 is 26.9. The van der Waals surface area contributed by atoms with Crippen molar-refractivity contribution in [1.82, 2.24) is 0 Å². The first-order valence-corrected chi connectivity index (χ1v) is 11.2. The van der Waals surface area contributed by atoms with Gasteiger partial charge in [-0.25, -0.2) is 8.42 Å². The molecule has 3 aromatic rings. The number of hydrogen-bond acceptors (Lipinski definition) is 4. The number of aryl methyl sites for hydroxylation is 1. The summed E-state index contributed by atoms with van der Waals surface area (Å²) in [5, 5.41) is 4.97. The number of amides is 1. The summed E-state index contributed by atoms with van der Waals surface area (Å²) in [5.41, 5.74) is 2.15. The first-order chi connectivity index (χ1) is 13.3. The summed E-state index contributed by atoms with van der Waals surface area (Å²) >= 11 is 7.03. The minimum Gasteiger partial charge on any atom is -0.321 e. The number of thiophene rings is 1. The zero-order valence-corrected chi connectivity index (χ0v) is 17.7. The first kappa shape index (κ1) is 20.4. The molecule has 0 aliphatic carbocycles. The highest BCUT2D eigenvalue weighted by atomic mass is 35.5. The predicted molar refractivity (Wildman–Crippen MR) is 115 cm³/mol. The SMILES string of the molecule is CCc1ccc(NC(=O)c2sccc2N(C)S(=O)(=O)c2ccc(Cl)cc2)cc1. The second-order valence-electron chi connectivity index (χ2n) is 6.07. The topological polar surface area (TPSA) is 66.5 Å². The fourth-order valence-corrected chi connectivity index (χ4v) is 4.83. The Kier molecular flexibility index (Phi) is 6.07. The van der Waals surface area contributed by atoms with E-state index in [2.05, 4.69) is 12.2 Å². The van der Waals surface area contributed by atoms with Crippen molar-refractivity contribution < 1.29 is 13.2 Å². The quantitative estimate of drug-likeness (QED) is 0.590. The summed E-state index contributed by atoms with van der Waals surface area (Å²) in [6.45, 7) is 2.06. The molecule has 28 heavy (non-hydrogen) atoms. The van der Waals surface area contributed by atoms with Crippen molar-refractivity contribution in [3.63, 3.8) is 0 Å². The molecule has 0 bridgehead atoms. The van der Waals surface area contributed by atoms with E-state index in [1.165, 1.54) is 48.2 Å². The van der Waals surface area contributed by atoms with Crippen molar-refractivity contribution in [2.75, 3.05) is 16.7 Å². The smallest absolute Gasteiger partial charge is 0.267 e. The summed E-state index contributed by atoms with van der Waals surface area (Å²) in [6.07, 6.45) is 0.913. The average Bonchev–Trinajstić information content (AvgIpc) is 3.18. The van der Waals surface area contributed by atoms with Crippen LogP contribution in [-0.2, 0) is 16.4 Å². The van der Waals surface area contributed by atoms with Crippen LogP contribution in [0.25, 0.3) is 0 Å². The third kappa shape index (κ3) is 4.22. The van der Waals surface area contributed by atoms with Crippen LogP contribution in [0.3, 0.4) is 0 Å². The number of carbonyl (C=O) groups is 1. The Morgan fingerprint density at radius 3 is 2.32 bits per heavy atom. The molecule has 8 heteroatoms. The molecule has 146 valence electrons. The van der Waals surface area contributed by atoms with Gasteiger partial charge in [0, 0.05) is 17.8 Å². The van der Waals surface area contributed by atoms with Crippen LogP contribution in [0.1, 0.15) is 22.2 Å². The molecule has 3 rings (SSSR count). The Labute approximate surface area is 173 Å². The maximum atomic E-state index is 12.9. The van der Waals surface area contributed by atoms with Crippen LogP contribution in [-0.4, -0.2) is 21.4 Å². The van der Waals surface area contributed by atoms with Gasteiger partial charge in [0.25, 0.3) is 15.9 Å². The number of halogens is 1. The van der Waals surface area contributed by atoms with Gasteiger partial charge in [-0.3, -0.25) is 9.10 Å². The van der Waals surface area contributed by atoms with Crippen LogP contribution >= 0.6 is 22.9 Å². The van der Waals surface area contributed by atoms with Crippen molar-refractivity contribution in [3.05, 3.63) is 75.4 Å². The van der Waals surface area contributed by atoms with Gasteiger partial charge in [0.2, 0.25) is 0 Å². The maximum absolute atomic E-state index is 12.9. The highest BCUT2D eigenvalue weighted by Crippen LogP contribution is 2.31. The van der Waals surface area contributed by atoms with E-state index in [-0.39, 0.29) is 10.8 Å². The second kappa shape index (κ2) is 8.34. The van der Waals surface area contributed by atoms with Crippen LogP contribution < -0.4 is 9.62 Å². The number of anilines is 2. The number of hydrogen-bond donors (Lipinski definition) is 1. The van der Waals surface area contributed by atoms with Gasteiger partial charge in [-0.15, -0.1) is 11.3 Å². The summed E-state index contributed by atoms with van der Waals surface area (Å²) in [6, 6.07) is 15.1. The van der Waals surface area contributed by atoms with E-state index in [0.717, 1.165) is 10.7 Å². The fourth-order valence-electron chi connectivity index (χ4n) is 2.63. The molecule has 1 N–H and O–H groups in total. The molecule has 0 aliphatic rings. The van der Waals surface area contributed by atoms with Crippen LogP contribution in [0.15, 0.2) is 64.9 Å². The Morgan fingerprint density at radius 2 is 1.71 bits per heavy atom. The number of benzene rings is 2. The average molecular weight is 435 g/mol. The van der Waals surface area contributed by atoms with Crippen LogP contribution in [0, 0.1) is 0 Å². The number of sulfonamides is 1. The summed E-state index contributed by atoms with van der Waals surface area (Å²) in [5.74, 6) is -0.354. The lowest BCUT2D eigenvalue weighted by Crippen LogP contribution is -2.28. The minimum atomic E-state index is -3.82. The van der Waals surface area contributed by atoms with Gasteiger partial charge >= 0.3 is 0 Å². The first-order valence-electron chi connectivity index (χ1n) is 8.55. The van der Waals surface area contributed by atoms with Crippen molar-refractivity contribution in [2.45, 2.75) is 18.2 Å². The molecule has 0 spiro atoms. The van der Waals surface area contributed by atoms with E-state index >= 15 is 0 Å². The number of nitrogens with one attached hydrogen (secondary N) is 1. The third-order valence-corrected chi connectivity index (χ3v) is 7.22. The van der Waals surface area contributed by atoms with Crippen LogP contribution in [0.4, 0.5) is 11.4 Å². The minimum absolute atomic E-state index is 0.104. The molecule has 0 unspecified atom stereocenters. The van der Waals surface area contributed by atoms with Gasteiger partial charge in [0.15, 0.2) is 0 Å². The predicted octanol–water partition coefficient (Wildman–Crippen LogP) is 5.04. The monoisotopic (exact) mass is 434 g/mol. The van der Waals surface area contributed by atoms with Gasteiger partial charge < -0.3 is 5.32 Å². The molecule has 5 nitrogen and oxygen atoms in total. The Bertz CT molecular complexity index is 1080.